The molecule has 116 valence electrons. The highest BCUT2D eigenvalue weighted by atomic mass is 32.2. The van der Waals surface area contributed by atoms with E-state index in [1.165, 1.54) is 22.8 Å². The van der Waals surface area contributed by atoms with Crippen LogP contribution in [-0.2, 0) is 14.8 Å². The van der Waals surface area contributed by atoms with Crippen molar-refractivity contribution >= 4 is 15.9 Å². The molecule has 0 unspecified atom stereocenters. The lowest BCUT2D eigenvalue weighted by Crippen LogP contribution is -2.61. The van der Waals surface area contributed by atoms with Crippen LogP contribution in [-0.4, -0.2) is 73.3 Å². The van der Waals surface area contributed by atoms with Crippen LogP contribution in [0.25, 0.3) is 0 Å². The number of carbonyl (C=O) groups is 1. The molecule has 0 aliphatic carbocycles. The summed E-state index contributed by atoms with van der Waals surface area (Å²) in [5, 5.41) is 3.52. The standard InChI is InChI=1S/C12H17N3O5S/c1-21(17,18)15-6-7-19-10-3-5-14(8-9(10)15)12(16)11-2-4-13-20-11/h2,4,9-10H,3,5-8H2,1H3/t9-,10-/m1/s1. The SMILES string of the molecule is CS(=O)(=O)N1CCO[C@@H]2CCN(C(=O)c3ccno3)C[C@H]21. The van der Waals surface area contributed by atoms with Crippen molar-refractivity contribution in [1.29, 1.82) is 0 Å². The summed E-state index contributed by atoms with van der Waals surface area (Å²) >= 11 is 0. The summed E-state index contributed by atoms with van der Waals surface area (Å²) in [6, 6.07) is 1.16. The predicted octanol–water partition coefficient (Wildman–Crippen LogP) is -0.450. The Morgan fingerprint density at radius 2 is 2.24 bits per heavy atom. The molecule has 0 N–H and O–H groups in total. The van der Waals surface area contributed by atoms with Gasteiger partial charge in [0.2, 0.25) is 15.8 Å². The summed E-state index contributed by atoms with van der Waals surface area (Å²) < 4.78 is 35.7. The van der Waals surface area contributed by atoms with Gasteiger partial charge in [-0.2, -0.15) is 4.31 Å². The molecule has 2 saturated heterocycles. The van der Waals surface area contributed by atoms with E-state index in [4.69, 9.17) is 9.26 Å². The second kappa shape index (κ2) is 5.39. The first-order valence-corrected chi connectivity index (χ1v) is 8.60. The van der Waals surface area contributed by atoms with Crippen LogP contribution in [0, 0.1) is 0 Å². The Morgan fingerprint density at radius 1 is 1.43 bits per heavy atom. The zero-order valence-corrected chi connectivity index (χ0v) is 12.5. The molecule has 0 spiro atoms. The van der Waals surface area contributed by atoms with E-state index in [1.54, 1.807) is 4.90 Å². The maximum atomic E-state index is 12.3. The number of morpholine rings is 1. The molecule has 0 saturated carbocycles. The number of aromatic nitrogens is 1. The highest BCUT2D eigenvalue weighted by Gasteiger charge is 2.42. The Labute approximate surface area is 122 Å². The van der Waals surface area contributed by atoms with Crippen LogP contribution in [0.2, 0.25) is 0 Å². The minimum Gasteiger partial charge on any atom is -0.375 e. The van der Waals surface area contributed by atoms with Crippen LogP contribution in [0.3, 0.4) is 0 Å². The third-order valence-electron chi connectivity index (χ3n) is 3.90. The number of hydrogen-bond donors (Lipinski definition) is 0. The molecule has 2 aliphatic heterocycles. The predicted molar refractivity (Wildman–Crippen MR) is 72.1 cm³/mol. The number of rotatable bonds is 2. The van der Waals surface area contributed by atoms with Gasteiger partial charge in [-0.3, -0.25) is 4.79 Å². The van der Waals surface area contributed by atoms with Gasteiger partial charge in [0.05, 0.1) is 31.2 Å². The highest BCUT2D eigenvalue weighted by molar-refractivity contribution is 7.88. The second-order valence-electron chi connectivity index (χ2n) is 5.27. The summed E-state index contributed by atoms with van der Waals surface area (Å²) in [4.78, 5) is 13.9. The second-order valence-corrected chi connectivity index (χ2v) is 7.20. The molecule has 0 bridgehead atoms. The number of nitrogens with zero attached hydrogens (tertiary/aromatic N) is 3. The quantitative estimate of drug-likeness (QED) is 0.734. The first-order valence-electron chi connectivity index (χ1n) is 6.75. The lowest BCUT2D eigenvalue weighted by atomic mass is 10.0. The Kier molecular flexibility index (Phi) is 3.72. The number of sulfonamides is 1. The zero-order valence-electron chi connectivity index (χ0n) is 11.6. The number of amides is 1. The molecule has 3 rings (SSSR count). The average Bonchev–Trinajstić information content (AvgIpc) is 2.98. The van der Waals surface area contributed by atoms with E-state index in [-0.39, 0.29) is 23.8 Å². The minimum atomic E-state index is -3.32. The monoisotopic (exact) mass is 315 g/mol. The minimum absolute atomic E-state index is 0.160. The number of hydrogen-bond acceptors (Lipinski definition) is 6. The van der Waals surface area contributed by atoms with Crippen molar-refractivity contribution < 1.29 is 22.5 Å². The summed E-state index contributed by atoms with van der Waals surface area (Å²) in [5.41, 5.74) is 0. The average molecular weight is 315 g/mol. The summed E-state index contributed by atoms with van der Waals surface area (Å²) in [7, 11) is -3.32. The van der Waals surface area contributed by atoms with Gasteiger partial charge in [-0.1, -0.05) is 5.16 Å². The molecule has 1 aromatic heterocycles. The van der Waals surface area contributed by atoms with E-state index in [2.05, 4.69) is 5.16 Å². The van der Waals surface area contributed by atoms with E-state index >= 15 is 0 Å². The number of likely N-dealkylation sites (tertiary alicyclic amines) is 1. The molecule has 2 fully saturated rings. The summed E-state index contributed by atoms with van der Waals surface area (Å²) in [6.45, 7) is 1.53. The lowest BCUT2D eigenvalue weighted by molar-refractivity contribution is -0.0707. The van der Waals surface area contributed by atoms with Crippen molar-refractivity contribution in [2.24, 2.45) is 0 Å². The topological polar surface area (TPSA) is 93.0 Å². The van der Waals surface area contributed by atoms with Crippen LogP contribution in [0.4, 0.5) is 0 Å². The number of piperidine rings is 1. The van der Waals surface area contributed by atoms with E-state index in [0.717, 1.165) is 0 Å². The maximum absolute atomic E-state index is 12.3. The number of fused-ring (bicyclic) bond motifs is 1. The van der Waals surface area contributed by atoms with Crippen molar-refractivity contribution in [3.63, 3.8) is 0 Å². The molecule has 21 heavy (non-hydrogen) atoms. The Morgan fingerprint density at radius 3 is 2.90 bits per heavy atom. The molecule has 2 aliphatic rings. The zero-order chi connectivity index (χ0) is 15.0. The smallest absolute Gasteiger partial charge is 0.292 e. The van der Waals surface area contributed by atoms with Gasteiger partial charge in [0.1, 0.15) is 0 Å². The van der Waals surface area contributed by atoms with Crippen LogP contribution in [0.1, 0.15) is 17.0 Å². The number of carbonyl (C=O) groups excluding carboxylic acids is 1. The van der Waals surface area contributed by atoms with Gasteiger partial charge in [0.25, 0.3) is 5.91 Å². The van der Waals surface area contributed by atoms with Gasteiger partial charge in [-0.25, -0.2) is 8.42 Å². The van der Waals surface area contributed by atoms with Crippen LogP contribution in [0.15, 0.2) is 16.8 Å². The molecule has 9 heteroatoms. The van der Waals surface area contributed by atoms with E-state index < -0.39 is 10.0 Å². The third kappa shape index (κ3) is 2.81. The van der Waals surface area contributed by atoms with Gasteiger partial charge >= 0.3 is 0 Å². The van der Waals surface area contributed by atoms with Gasteiger partial charge in [-0.05, 0) is 6.42 Å². The fourth-order valence-electron chi connectivity index (χ4n) is 2.92. The van der Waals surface area contributed by atoms with Crippen LogP contribution >= 0.6 is 0 Å². The van der Waals surface area contributed by atoms with Crippen molar-refractivity contribution in [2.75, 3.05) is 32.5 Å². The van der Waals surface area contributed by atoms with Crippen molar-refractivity contribution in [3.8, 4) is 0 Å². The van der Waals surface area contributed by atoms with Crippen molar-refractivity contribution in [3.05, 3.63) is 18.0 Å². The normalized spacial score (nSPS) is 27.4. The molecule has 1 amide bonds. The Hall–Kier alpha value is -1.45. The van der Waals surface area contributed by atoms with E-state index in [1.807, 2.05) is 0 Å². The molecule has 8 nitrogen and oxygen atoms in total. The molecule has 1 aromatic rings. The molecule has 3 heterocycles. The molecule has 0 radical (unpaired) electrons. The molecular formula is C12H17N3O5S. The largest absolute Gasteiger partial charge is 0.375 e. The van der Waals surface area contributed by atoms with Crippen molar-refractivity contribution in [1.82, 2.24) is 14.4 Å². The first kappa shape index (κ1) is 14.5. The van der Waals surface area contributed by atoms with Crippen LogP contribution < -0.4 is 0 Å². The van der Waals surface area contributed by atoms with E-state index in [0.29, 0.717) is 32.7 Å². The highest BCUT2D eigenvalue weighted by Crippen LogP contribution is 2.25. The first-order chi connectivity index (χ1) is 9.97. The lowest BCUT2D eigenvalue weighted by Gasteiger charge is -2.45. The molecule has 0 aromatic carbocycles. The summed E-state index contributed by atoms with van der Waals surface area (Å²) in [6.07, 6.45) is 3.04. The Bertz CT molecular complexity index is 615. The summed E-state index contributed by atoms with van der Waals surface area (Å²) in [5.74, 6) is -0.110. The van der Waals surface area contributed by atoms with Gasteiger partial charge in [0, 0.05) is 25.7 Å². The molecular weight excluding hydrogens is 298 g/mol. The Balaban J connectivity index is 1.79. The fraction of sp³-hybridized carbons (Fsp3) is 0.667. The van der Waals surface area contributed by atoms with Crippen molar-refractivity contribution in [2.45, 2.75) is 18.6 Å². The van der Waals surface area contributed by atoms with E-state index in [9.17, 15) is 13.2 Å². The maximum Gasteiger partial charge on any atom is 0.292 e. The number of ether oxygens (including phenoxy) is 1. The van der Waals surface area contributed by atoms with Crippen LogP contribution in [0.5, 0.6) is 0 Å². The molecule has 2 atom stereocenters. The van der Waals surface area contributed by atoms with Gasteiger partial charge in [0.15, 0.2) is 0 Å². The van der Waals surface area contributed by atoms with Gasteiger partial charge in [-0.15, -0.1) is 0 Å². The fourth-order valence-corrected chi connectivity index (χ4v) is 4.02. The van der Waals surface area contributed by atoms with Gasteiger partial charge < -0.3 is 14.2 Å². The third-order valence-corrected chi connectivity index (χ3v) is 5.20.